The quantitative estimate of drug-likeness (QED) is 0.835. The molecule has 1 heterocycles. The summed E-state index contributed by atoms with van der Waals surface area (Å²) in [4.78, 5) is 14.5. The van der Waals surface area contributed by atoms with Crippen molar-refractivity contribution in [3.05, 3.63) is 65.2 Å². The first kappa shape index (κ1) is 13.9. The zero-order valence-electron chi connectivity index (χ0n) is 12.9. The Balaban J connectivity index is 1.91. The molecule has 0 aromatic heterocycles. The average Bonchev–Trinajstić information content (AvgIpc) is 2.70. The maximum atomic E-state index is 12.7. The summed E-state index contributed by atoms with van der Waals surface area (Å²) in [6, 6.07) is 16.6. The smallest absolute Gasteiger partial charge is 0.237 e. The number of benzene rings is 2. The van der Waals surface area contributed by atoms with Gasteiger partial charge in [-0.2, -0.15) is 0 Å². The van der Waals surface area contributed by atoms with Gasteiger partial charge in [0.15, 0.2) is 0 Å². The minimum atomic E-state index is -0.409. The Kier molecular flexibility index (Phi) is 3.32. The third-order valence-electron chi connectivity index (χ3n) is 4.79. The summed E-state index contributed by atoms with van der Waals surface area (Å²) in [5.74, 6) is 0.206. The number of para-hydroxylation sites is 1. The van der Waals surface area contributed by atoms with E-state index in [1.54, 1.807) is 4.90 Å². The van der Waals surface area contributed by atoms with Crippen molar-refractivity contribution in [2.75, 3.05) is 11.9 Å². The highest BCUT2D eigenvalue weighted by Gasteiger charge is 2.45. The van der Waals surface area contributed by atoms with Gasteiger partial charge in [0, 0.05) is 12.7 Å². The molecule has 0 N–H and O–H groups in total. The molecule has 1 aliphatic rings. The number of hydrogen-bond donors (Lipinski definition) is 0. The molecule has 0 aliphatic carbocycles. The first-order valence-corrected chi connectivity index (χ1v) is 7.46. The highest BCUT2D eigenvalue weighted by atomic mass is 16.2. The average molecular weight is 279 g/mol. The van der Waals surface area contributed by atoms with Crippen molar-refractivity contribution < 1.29 is 4.79 Å². The van der Waals surface area contributed by atoms with Gasteiger partial charge in [0.05, 0.1) is 5.41 Å². The van der Waals surface area contributed by atoms with Gasteiger partial charge in [0.2, 0.25) is 5.91 Å². The monoisotopic (exact) mass is 279 g/mol. The van der Waals surface area contributed by atoms with E-state index in [0.717, 1.165) is 24.1 Å². The van der Waals surface area contributed by atoms with Crippen molar-refractivity contribution in [1.29, 1.82) is 0 Å². The fourth-order valence-electron chi connectivity index (χ4n) is 3.34. The van der Waals surface area contributed by atoms with Crippen LogP contribution in [0.4, 0.5) is 5.69 Å². The van der Waals surface area contributed by atoms with E-state index in [2.05, 4.69) is 44.2 Å². The fourth-order valence-corrected chi connectivity index (χ4v) is 3.34. The molecule has 0 unspecified atom stereocenters. The molecule has 1 amide bonds. The number of likely N-dealkylation sites (N-methyl/N-ethyl adjacent to an activating group) is 1. The van der Waals surface area contributed by atoms with Crippen LogP contribution in [0, 0.1) is 6.92 Å². The van der Waals surface area contributed by atoms with Crippen LogP contribution >= 0.6 is 0 Å². The van der Waals surface area contributed by atoms with E-state index in [4.69, 9.17) is 0 Å². The van der Waals surface area contributed by atoms with Gasteiger partial charge in [0.1, 0.15) is 0 Å². The van der Waals surface area contributed by atoms with E-state index in [-0.39, 0.29) is 5.91 Å². The molecule has 108 valence electrons. The lowest BCUT2D eigenvalue weighted by atomic mass is 9.78. The van der Waals surface area contributed by atoms with Crippen molar-refractivity contribution in [1.82, 2.24) is 0 Å². The molecular weight excluding hydrogens is 258 g/mol. The minimum Gasteiger partial charge on any atom is -0.314 e. The topological polar surface area (TPSA) is 20.3 Å². The predicted octanol–water partition coefficient (Wildman–Crippen LogP) is 3.86. The molecule has 0 fully saturated rings. The first-order valence-electron chi connectivity index (χ1n) is 7.46. The Labute approximate surface area is 126 Å². The molecule has 2 aromatic rings. The Bertz CT molecular complexity index is 691. The standard InChI is InChI=1S/C19H21NO/c1-14-8-4-5-9-15(14)12-13-19(2)16-10-6-7-11-17(16)20(3)18(19)21/h4-11H,12-13H2,1-3H3/t19-/m0/s1. The van der Waals surface area contributed by atoms with Gasteiger partial charge < -0.3 is 4.90 Å². The number of anilines is 1. The van der Waals surface area contributed by atoms with Gasteiger partial charge in [0.25, 0.3) is 0 Å². The van der Waals surface area contributed by atoms with Crippen LogP contribution in [0.3, 0.4) is 0 Å². The molecular formula is C19H21NO. The molecule has 1 atom stereocenters. The molecule has 21 heavy (non-hydrogen) atoms. The molecule has 3 rings (SSSR count). The van der Waals surface area contributed by atoms with Gasteiger partial charge >= 0.3 is 0 Å². The number of hydrogen-bond acceptors (Lipinski definition) is 1. The molecule has 0 saturated heterocycles. The maximum Gasteiger partial charge on any atom is 0.237 e. The number of amides is 1. The van der Waals surface area contributed by atoms with Crippen LogP contribution in [-0.2, 0) is 16.6 Å². The van der Waals surface area contributed by atoms with Crippen LogP contribution in [0.5, 0.6) is 0 Å². The van der Waals surface area contributed by atoms with Crippen molar-refractivity contribution in [2.24, 2.45) is 0 Å². The van der Waals surface area contributed by atoms with Gasteiger partial charge in [-0.25, -0.2) is 0 Å². The molecule has 2 aromatic carbocycles. The third-order valence-corrected chi connectivity index (χ3v) is 4.79. The molecule has 0 spiro atoms. The second kappa shape index (κ2) is 5.03. The summed E-state index contributed by atoms with van der Waals surface area (Å²) in [6.07, 6.45) is 1.77. The van der Waals surface area contributed by atoms with Gasteiger partial charge in [-0.05, 0) is 49.4 Å². The van der Waals surface area contributed by atoms with Crippen LogP contribution < -0.4 is 4.90 Å². The van der Waals surface area contributed by atoms with E-state index in [1.165, 1.54) is 11.1 Å². The van der Waals surface area contributed by atoms with Crippen molar-refractivity contribution in [3.63, 3.8) is 0 Å². The lowest BCUT2D eigenvalue weighted by molar-refractivity contribution is -0.122. The van der Waals surface area contributed by atoms with Crippen molar-refractivity contribution >= 4 is 11.6 Å². The summed E-state index contributed by atoms with van der Waals surface area (Å²) < 4.78 is 0. The lowest BCUT2D eigenvalue weighted by Crippen LogP contribution is -2.36. The second-order valence-corrected chi connectivity index (χ2v) is 6.14. The van der Waals surface area contributed by atoms with Crippen LogP contribution in [0.25, 0.3) is 0 Å². The van der Waals surface area contributed by atoms with Gasteiger partial charge in [-0.15, -0.1) is 0 Å². The second-order valence-electron chi connectivity index (χ2n) is 6.14. The first-order chi connectivity index (χ1) is 10.0. The molecule has 0 saturated carbocycles. The summed E-state index contributed by atoms with van der Waals surface area (Å²) in [7, 11) is 1.88. The van der Waals surface area contributed by atoms with Crippen LogP contribution in [0.2, 0.25) is 0 Å². The molecule has 2 nitrogen and oxygen atoms in total. The van der Waals surface area contributed by atoms with Crippen molar-refractivity contribution in [3.8, 4) is 0 Å². The number of carbonyl (C=O) groups is 1. The van der Waals surface area contributed by atoms with E-state index < -0.39 is 5.41 Å². The van der Waals surface area contributed by atoms with E-state index in [0.29, 0.717) is 0 Å². The van der Waals surface area contributed by atoms with Crippen molar-refractivity contribution in [2.45, 2.75) is 32.1 Å². The Morgan fingerprint density at radius 2 is 1.71 bits per heavy atom. The summed E-state index contributed by atoms with van der Waals surface area (Å²) in [5, 5.41) is 0. The molecule has 1 aliphatic heterocycles. The minimum absolute atomic E-state index is 0.206. The highest BCUT2D eigenvalue weighted by Crippen LogP contribution is 2.43. The molecule has 2 heteroatoms. The normalized spacial score (nSPS) is 20.7. The van der Waals surface area contributed by atoms with Crippen LogP contribution in [0.15, 0.2) is 48.5 Å². The summed E-state index contributed by atoms with van der Waals surface area (Å²) in [6.45, 7) is 4.21. The van der Waals surface area contributed by atoms with Crippen LogP contribution in [-0.4, -0.2) is 13.0 Å². The molecule has 0 radical (unpaired) electrons. The van der Waals surface area contributed by atoms with E-state index in [1.807, 2.05) is 25.2 Å². The Morgan fingerprint density at radius 3 is 2.48 bits per heavy atom. The largest absolute Gasteiger partial charge is 0.314 e. The maximum absolute atomic E-state index is 12.7. The fraction of sp³-hybridized carbons (Fsp3) is 0.316. The number of nitrogens with zero attached hydrogens (tertiary/aromatic N) is 1. The van der Waals surface area contributed by atoms with Gasteiger partial charge in [-0.3, -0.25) is 4.79 Å². The predicted molar refractivity (Wildman–Crippen MR) is 86.7 cm³/mol. The Morgan fingerprint density at radius 1 is 1.05 bits per heavy atom. The summed E-state index contributed by atoms with van der Waals surface area (Å²) in [5.41, 5.74) is 4.43. The zero-order valence-corrected chi connectivity index (χ0v) is 12.9. The number of aryl methyl sites for hydroxylation is 2. The number of carbonyl (C=O) groups excluding carboxylic acids is 1. The Hall–Kier alpha value is -2.09. The summed E-state index contributed by atoms with van der Waals surface area (Å²) >= 11 is 0. The number of rotatable bonds is 3. The van der Waals surface area contributed by atoms with E-state index >= 15 is 0 Å². The van der Waals surface area contributed by atoms with Gasteiger partial charge in [-0.1, -0.05) is 42.5 Å². The molecule has 0 bridgehead atoms. The lowest BCUT2D eigenvalue weighted by Gasteiger charge is -2.23. The van der Waals surface area contributed by atoms with Crippen LogP contribution in [0.1, 0.15) is 30.0 Å². The van der Waals surface area contributed by atoms with E-state index in [9.17, 15) is 4.79 Å². The number of fused-ring (bicyclic) bond motifs is 1. The SMILES string of the molecule is Cc1ccccc1CC[C@]1(C)C(=O)N(C)c2ccccc21. The highest BCUT2D eigenvalue weighted by molar-refractivity contribution is 6.07. The zero-order chi connectivity index (χ0) is 15.0. The third kappa shape index (κ3) is 2.15.